The average molecular weight is 313 g/mol. The lowest BCUT2D eigenvalue weighted by atomic mass is 10.1. The molecule has 0 saturated heterocycles. The molecule has 0 radical (unpaired) electrons. The molecule has 8 heteroatoms. The van der Waals surface area contributed by atoms with Gasteiger partial charge in [-0.05, 0) is 19.1 Å². The topological polar surface area (TPSA) is 92.3 Å². The van der Waals surface area contributed by atoms with Gasteiger partial charge in [-0.15, -0.1) is 0 Å². The van der Waals surface area contributed by atoms with Crippen LogP contribution >= 0.6 is 0 Å². The van der Waals surface area contributed by atoms with E-state index in [0.717, 1.165) is 12.1 Å². The van der Waals surface area contributed by atoms with Crippen molar-refractivity contribution < 1.29 is 23.4 Å². The number of aliphatic hydroxyl groups is 2. The minimum atomic E-state index is -4.43. The standard InChI is InChI=1S/C14H14F3N3O2/c1-7(22)11-10(6-21)19-13(20-12(11)18)8-2-4-9(5-3-8)14(15,16)17/h2-5,7,21-22H,6H2,1H3,(H2,18,19,20). The number of rotatable bonds is 3. The van der Waals surface area contributed by atoms with Gasteiger partial charge in [-0.3, -0.25) is 0 Å². The number of anilines is 1. The van der Waals surface area contributed by atoms with Crippen molar-refractivity contribution in [2.75, 3.05) is 5.73 Å². The van der Waals surface area contributed by atoms with Crippen LogP contribution in [0, 0.1) is 0 Å². The van der Waals surface area contributed by atoms with E-state index in [1.807, 2.05) is 0 Å². The summed E-state index contributed by atoms with van der Waals surface area (Å²) in [5, 5.41) is 18.9. The van der Waals surface area contributed by atoms with Crippen LogP contribution in [0.25, 0.3) is 11.4 Å². The highest BCUT2D eigenvalue weighted by Gasteiger charge is 2.30. The third-order valence-corrected chi connectivity index (χ3v) is 3.09. The van der Waals surface area contributed by atoms with Gasteiger partial charge in [-0.25, -0.2) is 9.97 Å². The fraction of sp³-hybridized carbons (Fsp3) is 0.286. The Morgan fingerprint density at radius 1 is 1.18 bits per heavy atom. The van der Waals surface area contributed by atoms with Gasteiger partial charge >= 0.3 is 6.18 Å². The summed E-state index contributed by atoms with van der Waals surface area (Å²) in [6.45, 7) is 0.979. The molecule has 2 rings (SSSR count). The van der Waals surface area contributed by atoms with Crippen molar-refractivity contribution >= 4 is 5.82 Å². The monoisotopic (exact) mass is 313 g/mol. The Morgan fingerprint density at radius 3 is 2.23 bits per heavy atom. The molecule has 0 fully saturated rings. The lowest BCUT2D eigenvalue weighted by Crippen LogP contribution is -2.10. The molecule has 0 aliphatic rings. The van der Waals surface area contributed by atoms with E-state index in [2.05, 4.69) is 9.97 Å². The van der Waals surface area contributed by atoms with Crippen molar-refractivity contribution in [2.24, 2.45) is 0 Å². The van der Waals surface area contributed by atoms with Gasteiger partial charge in [0.25, 0.3) is 0 Å². The van der Waals surface area contributed by atoms with Gasteiger partial charge in [-0.2, -0.15) is 13.2 Å². The van der Waals surface area contributed by atoms with E-state index in [-0.39, 0.29) is 22.9 Å². The third kappa shape index (κ3) is 3.18. The first-order valence-corrected chi connectivity index (χ1v) is 6.37. The summed E-state index contributed by atoms with van der Waals surface area (Å²) in [7, 11) is 0. The molecule has 118 valence electrons. The molecule has 2 aromatic rings. The second-order valence-corrected chi connectivity index (χ2v) is 4.70. The number of aromatic nitrogens is 2. The maximum Gasteiger partial charge on any atom is 0.416 e. The van der Waals surface area contributed by atoms with Gasteiger partial charge in [0.2, 0.25) is 0 Å². The number of benzene rings is 1. The molecule has 0 aliphatic heterocycles. The van der Waals surface area contributed by atoms with Gasteiger partial charge in [0.15, 0.2) is 5.82 Å². The van der Waals surface area contributed by atoms with Gasteiger partial charge in [0.05, 0.1) is 24.0 Å². The van der Waals surface area contributed by atoms with E-state index in [1.165, 1.54) is 19.1 Å². The zero-order valence-corrected chi connectivity index (χ0v) is 11.6. The summed E-state index contributed by atoms with van der Waals surface area (Å²) in [5.74, 6) is 0.0589. The predicted molar refractivity (Wildman–Crippen MR) is 73.4 cm³/mol. The Bertz CT molecular complexity index is 670. The van der Waals surface area contributed by atoms with Crippen molar-refractivity contribution in [2.45, 2.75) is 25.8 Å². The molecule has 1 heterocycles. The number of hydrogen-bond acceptors (Lipinski definition) is 5. The minimum absolute atomic E-state index is 0.0241. The summed E-state index contributed by atoms with van der Waals surface area (Å²) in [5.41, 5.74) is 5.62. The van der Waals surface area contributed by atoms with E-state index in [1.54, 1.807) is 0 Å². The van der Waals surface area contributed by atoms with E-state index >= 15 is 0 Å². The van der Waals surface area contributed by atoms with Gasteiger partial charge in [-0.1, -0.05) is 12.1 Å². The van der Waals surface area contributed by atoms with Crippen molar-refractivity contribution in [1.82, 2.24) is 9.97 Å². The van der Waals surface area contributed by atoms with Crippen LogP contribution in [0.15, 0.2) is 24.3 Å². The number of halogens is 3. The average Bonchev–Trinajstić information content (AvgIpc) is 2.45. The maximum absolute atomic E-state index is 12.5. The van der Waals surface area contributed by atoms with E-state index < -0.39 is 24.5 Å². The summed E-state index contributed by atoms with van der Waals surface area (Å²) in [4.78, 5) is 8.03. The quantitative estimate of drug-likeness (QED) is 0.808. The molecule has 1 atom stereocenters. The second-order valence-electron chi connectivity index (χ2n) is 4.70. The Balaban J connectivity index is 2.47. The molecule has 0 spiro atoms. The number of aliphatic hydroxyl groups excluding tert-OH is 2. The first kappa shape index (κ1) is 16.2. The minimum Gasteiger partial charge on any atom is -0.390 e. The van der Waals surface area contributed by atoms with Gasteiger partial charge < -0.3 is 15.9 Å². The number of nitrogen functional groups attached to an aromatic ring is 1. The van der Waals surface area contributed by atoms with E-state index in [4.69, 9.17) is 5.73 Å². The van der Waals surface area contributed by atoms with Crippen LogP contribution < -0.4 is 5.73 Å². The molecule has 5 nitrogen and oxygen atoms in total. The number of nitrogens with zero attached hydrogens (tertiary/aromatic N) is 2. The lowest BCUT2D eigenvalue weighted by Gasteiger charge is -2.14. The van der Waals surface area contributed by atoms with Crippen LogP contribution in [0.1, 0.15) is 29.8 Å². The van der Waals surface area contributed by atoms with Crippen LogP contribution in [0.4, 0.5) is 19.0 Å². The Kier molecular flexibility index (Phi) is 4.34. The zero-order valence-electron chi connectivity index (χ0n) is 11.6. The summed E-state index contributed by atoms with van der Waals surface area (Å²) < 4.78 is 37.6. The van der Waals surface area contributed by atoms with Crippen LogP contribution in [-0.4, -0.2) is 20.2 Å². The fourth-order valence-corrected chi connectivity index (χ4v) is 2.05. The Hall–Kier alpha value is -2.19. The molecule has 0 amide bonds. The molecule has 0 bridgehead atoms. The first-order chi connectivity index (χ1) is 10.2. The smallest absolute Gasteiger partial charge is 0.390 e. The highest BCUT2D eigenvalue weighted by Crippen LogP contribution is 2.31. The van der Waals surface area contributed by atoms with Crippen LogP contribution in [-0.2, 0) is 12.8 Å². The summed E-state index contributed by atoms with van der Waals surface area (Å²) >= 11 is 0. The fourth-order valence-electron chi connectivity index (χ4n) is 2.05. The molecule has 22 heavy (non-hydrogen) atoms. The molecular weight excluding hydrogens is 299 g/mol. The number of alkyl halides is 3. The normalized spacial score (nSPS) is 13.2. The lowest BCUT2D eigenvalue weighted by molar-refractivity contribution is -0.137. The Morgan fingerprint density at radius 2 is 1.77 bits per heavy atom. The molecule has 1 aromatic carbocycles. The van der Waals surface area contributed by atoms with Crippen LogP contribution in [0.5, 0.6) is 0 Å². The highest BCUT2D eigenvalue weighted by molar-refractivity contribution is 5.59. The molecule has 4 N–H and O–H groups in total. The predicted octanol–water partition coefficient (Wildman–Crippen LogP) is 2.29. The molecular formula is C14H14F3N3O2. The van der Waals surface area contributed by atoms with Crippen LogP contribution in [0.3, 0.4) is 0 Å². The third-order valence-electron chi connectivity index (χ3n) is 3.09. The molecule has 1 unspecified atom stereocenters. The molecule has 0 saturated carbocycles. The van der Waals surface area contributed by atoms with Gasteiger partial charge in [0.1, 0.15) is 5.82 Å². The van der Waals surface area contributed by atoms with Gasteiger partial charge in [0, 0.05) is 11.1 Å². The van der Waals surface area contributed by atoms with Crippen LogP contribution in [0.2, 0.25) is 0 Å². The molecule has 0 aliphatic carbocycles. The van der Waals surface area contributed by atoms with Crippen molar-refractivity contribution in [3.05, 3.63) is 41.1 Å². The van der Waals surface area contributed by atoms with Crippen molar-refractivity contribution in [3.8, 4) is 11.4 Å². The number of hydrogen-bond donors (Lipinski definition) is 3. The first-order valence-electron chi connectivity index (χ1n) is 6.37. The second kappa shape index (κ2) is 5.90. The highest BCUT2D eigenvalue weighted by atomic mass is 19.4. The number of nitrogens with two attached hydrogens (primary N) is 1. The summed E-state index contributed by atoms with van der Waals surface area (Å²) in [6, 6.07) is 4.27. The maximum atomic E-state index is 12.5. The largest absolute Gasteiger partial charge is 0.416 e. The molecule has 1 aromatic heterocycles. The summed E-state index contributed by atoms with van der Waals surface area (Å²) in [6.07, 6.45) is -5.39. The van der Waals surface area contributed by atoms with E-state index in [9.17, 15) is 23.4 Å². The van der Waals surface area contributed by atoms with E-state index in [0.29, 0.717) is 5.56 Å². The Labute approximate surface area is 124 Å². The van der Waals surface area contributed by atoms with Crippen molar-refractivity contribution in [3.63, 3.8) is 0 Å². The van der Waals surface area contributed by atoms with Crippen molar-refractivity contribution in [1.29, 1.82) is 0 Å². The SMILES string of the molecule is CC(O)c1c(N)nc(-c2ccc(C(F)(F)F)cc2)nc1CO. The zero-order chi connectivity index (χ0) is 16.5.